The molecule has 1 atom stereocenters. The van der Waals surface area contributed by atoms with E-state index in [9.17, 15) is 9.59 Å². The van der Waals surface area contributed by atoms with Crippen LogP contribution >= 0.6 is 23.2 Å². The van der Waals surface area contributed by atoms with Crippen LogP contribution in [0, 0.1) is 0 Å². The first kappa shape index (κ1) is 14.2. The van der Waals surface area contributed by atoms with Crippen molar-refractivity contribution in [3.8, 4) is 0 Å². The molecule has 1 fully saturated rings. The minimum atomic E-state index is -0.858. The Kier molecular flexibility index (Phi) is 4.32. The van der Waals surface area contributed by atoms with Crippen LogP contribution in [0.25, 0.3) is 0 Å². The summed E-state index contributed by atoms with van der Waals surface area (Å²) in [7, 11) is 0. The number of benzene rings is 1. The number of ether oxygens (including phenoxy) is 1. The molecule has 1 aromatic rings. The third-order valence-electron chi connectivity index (χ3n) is 2.73. The molecule has 0 bridgehead atoms. The Bertz CT molecular complexity index is 515. The van der Waals surface area contributed by atoms with Crippen LogP contribution in [-0.4, -0.2) is 24.0 Å². The van der Waals surface area contributed by atoms with E-state index < -0.39 is 12.1 Å². The Hall–Kier alpha value is -1.26. The Morgan fingerprint density at radius 3 is 2.68 bits per heavy atom. The van der Waals surface area contributed by atoms with Crippen molar-refractivity contribution in [1.82, 2.24) is 5.32 Å². The molecule has 1 amide bonds. The lowest BCUT2D eigenvalue weighted by molar-refractivity contribution is -0.129. The Balaban J connectivity index is 1.99. The number of hydrogen-bond acceptors (Lipinski definition) is 3. The molecule has 0 saturated heterocycles. The predicted molar refractivity (Wildman–Crippen MR) is 72.5 cm³/mol. The molecule has 2 rings (SSSR count). The van der Waals surface area contributed by atoms with Crippen LogP contribution in [0.2, 0.25) is 10.0 Å². The van der Waals surface area contributed by atoms with Gasteiger partial charge in [-0.25, -0.2) is 4.79 Å². The number of rotatable bonds is 4. The molecule has 0 unspecified atom stereocenters. The third-order valence-corrected chi connectivity index (χ3v) is 3.29. The second kappa shape index (κ2) is 5.80. The van der Waals surface area contributed by atoms with Gasteiger partial charge in [0.2, 0.25) is 0 Å². The Morgan fingerprint density at radius 1 is 1.37 bits per heavy atom. The summed E-state index contributed by atoms with van der Waals surface area (Å²) in [5, 5.41) is 3.38. The topological polar surface area (TPSA) is 55.4 Å². The van der Waals surface area contributed by atoms with Crippen molar-refractivity contribution in [3.05, 3.63) is 33.8 Å². The fourth-order valence-electron chi connectivity index (χ4n) is 1.48. The average Bonchev–Trinajstić information content (AvgIpc) is 3.15. The first-order valence-corrected chi connectivity index (χ1v) is 6.69. The van der Waals surface area contributed by atoms with Gasteiger partial charge in [-0.2, -0.15) is 0 Å². The van der Waals surface area contributed by atoms with Crippen LogP contribution in [0.15, 0.2) is 18.2 Å². The number of hydrogen-bond donors (Lipinski definition) is 1. The molecule has 4 nitrogen and oxygen atoms in total. The van der Waals surface area contributed by atoms with Gasteiger partial charge in [0, 0.05) is 11.1 Å². The molecule has 1 N–H and O–H groups in total. The van der Waals surface area contributed by atoms with Crippen molar-refractivity contribution < 1.29 is 14.3 Å². The molecule has 1 aliphatic carbocycles. The van der Waals surface area contributed by atoms with Crippen molar-refractivity contribution >= 4 is 35.1 Å². The zero-order valence-corrected chi connectivity index (χ0v) is 11.8. The maximum absolute atomic E-state index is 11.9. The van der Waals surface area contributed by atoms with E-state index >= 15 is 0 Å². The van der Waals surface area contributed by atoms with E-state index in [2.05, 4.69) is 5.32 Å². The molecule has 0 aliphatic heterocycles. The molecule has 19 heavy (non-hydrogen) atoms. The molecule has 6 heteroatoms. The molecular weight excluding hydrogens is 289 g/mol. The Morgan fingerprint density at radius 2 is 2.05 bits per heavy atom. The number of halogens is 2. The zero-order chi connectivity index (χ0) is 14.0. The van der Waals surface area contributed by atoms with Gasteiger partial charge in [-0.1, -0.05) is 23.2 Å². The summed E-state index contributed by atoms with van der Waals surface area (Å²) in [6.07, 6.45) is 1.10. The van der Waals surface area contributed by atoms with Crippen molar-refractivity contribution in [2.45, 2.75) is 31.9 Å². The molecule has 1 aliphatic rings. The lowest BCUT2D eigenvalue weighted by atomic mass is 10.2. The number of carbonyl (C=O) groups excluding carboxylic acids is 2. The molecule has 1 saturated carbocycles. The second-order valence-corrected chi connectivity index (χ2v) is 5.30. The average molecular weight is 302 g/mol. The van der Waals surface area contributed by atoms with Gasteiger partial charge in [0.05, 0.1) is 10.6 Å². The van der Waals surface area contributed by atoms with Crippen molar-refractivity contribution in [1.29, 1.82) is 0 Å². The summed E-state index contributed by atoms with van der Waals surface area (Å²) in [5.41, 5.74) is 0.153. The summed E-state index contributed by atoms with van der Waals surface area (Å²) in [4.78, 5) is 23.6. The zero-order valence-electron chi connectivity index (χ0n) is 10.3. The SMILES string of the molecule is C[C@H](OC(=O)c1cc(Cl)ccc1Cl)C(=O)NC1CC1. The fraction of sp³-hybridized carbons (Fsp3) is 0.385. The van der Waals surface area contributed by atoms with Gasteiger partial charge in [0.1, 0.15) is 0 Å². The van der Waals surface area contributed by atoms with Crippen molar-refractivity contribution in [2.24, 2.45) is 0 Å². The van der Waals surface area contributed by atoms with Crippen molar-refractivity contribution in [2.75, 3.05) is 0 Å². The smallest absolute Gasteiger partial charge is 0.340 e. The molecule has 0 radical (unpaired) electrons. The first-order valence-electron chi connectivity index (χ1n) is 5.94. The third kappa shape index (κ3) is 3.85. The monoisotopic (exact) mass is 301 g/mol. The molecule has 102 valence electrons. The van der Waals surface area contributed by atoms with Gasteiger partial charge in [0.15, 0.2) is 6.10 Å². The van der Waals surface area contributed by atoms with E-state index in [-0.39, 0.29) is 22.5 Å². The maximum Gasteiger partial charge on any atom is 0.340 e. The highest BCUT2D eigenvalue weighted by Gasteiger charge is 2.27. The molecule has 1 aromatic carbocycles. The van der Waals surface area contributed by atoms with Crippen LogP contribution in [0.4, 0.5) is 0 Å². The van der Waals surface area contributed by atoms with Gasteiger partial charge < -0.3 is 10.1 Å². The summed E-state index contributed by atoms with van der Waals surface area (Å²) < 4.78 is 5.07. The minimum Gasteiger partial charge on any atom is -0.449 e. The molecule has 0 aromatic heterocycles. The Labute approximate surface area is 121 Å². The lowest BCUT2D eigenvalue weighted by Crippen LogP contribution is -2.37. The summed E-state index contributed by atoms with van der Waals surface area (Å²) in [6, 6.07) is 4.72. The number of carbonyl (C=O) groups is 2. The summed E-state index contributed by atoms with van der Waals surface area (Å²) >= 11 is 11.7. The number of esters is 1. The normalized spacial score (nSPS) is 15.7. The quantitative estimate of drug-likeness (QED) is 0.870. The largest absolute Gasteiger partial charge is 0.449 e. The van der Waals surface area contributed by atoms with E-state index in [1.54, 1.807) is 6.07 Å². The van der Waals surface area contributed by atoms with Crippen LogP contribution < -0.4 is 5.32 Å². The molecule has 0 heterocycles. The van der Waals surface area contributed by atoms with Crippen LogP contribution in [0.1, 0.15) is 30.1 Å². The van der Waals surface area contributed by atoms with Gasteiger partial charge in [-0.3, -0.25) is 4.79 Å². The number of nitrogens with one attached hydrogen (secondary N) is 1. The lowest BCUT2D eigenvalue weighted by Gasteiger charge is -2.13. The summed E-state index contributed by atoms with van der Waals surface area (Å²) in [5.74, 6) is -0.958. The highest BCUT2D eigenvalue weighted by Crippen LogP contribution is 2.22. The highest BCUT2D eigenvalue weighted by molar-refractivity contribution is 6.35. The van der Waals surface area contributed by atoms with Gasteiger partial charge in [-0.05, 0) is 38.0 Å². The maximum atomic E-state index is 11.9. The van der Waals surface area contributed by atoms with Gasteiger partial charge in [-0.15, -0.1) is 0 Å². The van der Waals surface area contributed by atoms with Gasteiger partial charge >= 0.3 is 5.97 Å². The van der Waals surface area contributed by atoms with Crippen LogP contribution in [-0.2, 0) is 9.53 Å². The van der Waals surface area contributed by atoms with E-state index in [1.807, 2.05) is 0 Å². The summed E-state index contributed by atoms with van der Waals surface area (Å²) in [6.45, 7) is 1.52. The van der Waals surface area contributed by atoms with Gasteiger partial charge in [0.25, 0.3) is 5.91 Å². The van der Waals surface area contributed by atoms with Crippen molar-refractivity contribution in [3.63, 3.8) is 0 Å². The van der Waals surface area contributed by atoms with E-state index in [0.29, 0.717) is 5.02 Å². The first-order chi connectivity index (χ1) is 8.97. The highest BCUT2D eigenvalue weighted by atomic mass is 35.5. The number of amides is 1. The minimum absolute atomic E-state index is 0.153. The second-order valence-electron chi connectivity index (χ2n) is 4.45. The predicted octanol–water partition coefficient (Wildman–Crippen LogP) is 2.82. The fourth-order valence-corrected chi connectivity index (χ4v) is 1.84. The molecular formula is C13H13Cl2NO3. The standard InChI is InChI=1S/C13H13Cl2NO3/c1-7(12(17)16-9-3-4-9)19-13(18)10-6-8(14)2-5-11(10)15/h2,5-7,9H,3-4H2,1H3,(H,16,17)/t7-/m0/s1. The van der Waals surface area contributed by atoms with E-state index in [0.717, 1.165) is 12.8 Å². The molecule has 0 spiro atoms. The van der Waals surface area contributed by atoms with Crippen LogP contribution in [0.3, 0.4) is 0 Å². The van der Waals surface area contributed by atoms with Crippen LogP contribution in [0.5, 0.6) is 0 Å². The van der Waals surface area contributed by atoms with E-state index in [1.165, 1.54) is 19.1 Å². The van der Waals surface area contributed by atoms with E-state index in [4.69, 9.17) is 27.9 Å².